The van der Waals surface area contributed by atoms with Gasteiger partial charge in [-0.25, -0.2) is 4.98 Å². The molecule has 0 amide bonds. The van der Waals surface area contributed by atoms with Crippen molar-refractivity contribution in [2.45, 2.75) is 6.54 Å². The molecule has 0 unspecified atom stereocenters. The van der Waals surface area contributed by atoms with Gasteiger partial charge in [0.15, 0.2) is 0 Å². The van der Waals surface area contributed by atoms with Crippen LogP contribution in [0.5, 0.6) is 0 Å². The minimum Gasteiger partial charge on any atom is -0.354 e. The number of rotatable bonds is 5. The van der Waals surface area contributed by atoms with Gasteiger partial charge in [0, 0.05) is 52.0 Å². The van der Waals surface area contributed by atoms with E-state index in [0.717, 1.165) is 50.6 Å². The first-order valence-electron chi connectivity index (χ1n) is 6.96. The van der Waals surface area contributed by atoms with Gasteiger partial charge in [-0.2, -0.15) is 0 Å². The summed E-state index contributed by atoms with van der Waals surface area (Å²) in [6.45, 7) is 7.20. The third kappa shape index (κ3) is 4.16. The molecule has 0 bridgehead atoms. The Morgan fingerprint density at radius 2 is 1.95 bits per heavy atom. The molecule has 2 rings (SSSR count). The number of likely N-dealkylation sites (N-methyl/N-ethyl adjacent to an activating group) is 1. The molecule has 1 aliphatic heterocycles. The van der Waals surface area contributed by atoms with Gasteiger partial charge < -0.3 is 15.5 Å². The Morgan fingerprint density at radius 1 is 1.21 bits per heavy atom. The van der Waals surface area contributed by atoms with Crippen LogP contribution < -0.4 is 10.6 Å². The fourth-order valence-corrected chi connectivity index (χ4v) is 2.27. The summed E-state index contributed by atoms with van der Waals surface area (Å²) >= 11 is 0. The van der Waals surface area contributed by atoms with Crippen LogP contribution in [0.25, 0.3) is 0 Å². The van der Waals surface area contributed by atoms with Gasteiger partial charge in [0.2, 0.25) is 0 Å². The zero-order chi connectivity index (χ0) is 13.7. The smallest absolute Gasteiger partial charge is 0.128 e. The van der Waals surface area contributed by atoms with Crippen LogP contribution >= 0.6 is 0 Å². The first-order valence-corrected chi connectivity index (χ1v) is 6.96. The van der Waals surface area contributed by atoms with E-state index >= 15 is 0 Å². The maximum Gasteiger partial charge on any atom is 0.128 e. The number of pyridine rings is 1. The standard InChI is InChI=1S/C14H25N5/c1-17(2)5-6-18-7-9-19(10-8-18)14-4-3-13(11-15)12-16-14/h3-4,12H,5-11,15H2,1-2H3. The average Bonchev–Trinajstić information content (AvgIpc) is 2.46. The Balaban J connectivity index is 1.81. The zero-order valence-corrected chi connectivity index (χ0v) is 12.0. The highest BCUT2D eigenvalue weighted by molar-refractivity contribution is 5.39. The number of hydrogen-bond acceptors (Lipinski definition) is 5. The minimum atomic E-state index is 0.561. The number of hydrogen-bond donors (Lipinski definition) is 1. The number of aromatic nitrogens is 1. The van der Waals surface area contributed by atoms with E-state index in [1.165, 1.54) is 0 Å². The minimum absolute atomic E-state index is 0.561. The van der Waals surface area contributed by atoms with Crippen molar-refractivity contribution in [3.63, 3.8) is 0 Å². The molecule has 0 spiro atoms. The van der Waals surface area contributed by atoms with Gasteiger partial charge in [0.25, 0.3) is 0 Å². The second-order valence-corrected chi connectivity index (χ2v) is 5.36. The van der Waals surface area contributed by atoms with Crippen molar-refractivity contribution in [1.29, 1.82) is 0 Å². The summed E-state index contributed by atoms with van der Waals surface area (Å²) in [7, 11) is 4.25. The van der Waals surface area contributed by atoms with Gasteiger partial charge in [0.1, 0.15) is 5.82 Å². The first kappa shape index (κ1) is 14.2. The lowest BCUT2D eigenvalue weighted by atomic mass is 10.2. The summed E-state index contributed by atoms with van der Waals surface area (Å²) in [5.74, 6) is 1.07. The van der Waals surface area contributed by atoms with Crippen molar-refractivity contribution in [3.05, 3.63) is 23.9 Å². The van der Waals surface area contributed by atoms with Crippen LogP contribution in [0.15, 0.2) is 18.3 Å². The Kier molecular flexibility index (Phi) is 5.13. The molecule has 19 heavy (non-hydrogen) atoms. The molecule has 0 aliphatic carbocycles. The summed E-state index contributed by atoms with van der Waals surface area (Å²) in [4.78, 5) is 11.6. The molecular weight excluding hydrogens is 238 g/mol. The van der Waals surface area contributed by atoms with Crippen molar-refractivity contribution in [2.75, 3.05) is 58.3 Å². The second kappa shape index (κ2) is 6.84. The van der Waals surface area contributed by atoms with Gasteiger partial charge >= 0.3 is 0 Å². The van der Waals surface area contributed by atoms with E-state index in [1.54, 1.807) is 0 Å². The fraction of sp³-hybridized carbons (Fsp3) is 0.643. The Morgan fingerprint density at radius 3 is 2.47 bits per heavy atom. The zero-order valence-electron chi connectivity index (χ0n) is 12.0. The van der Waals surface area contributed by atoms with Crippen molar-refractivity contribution in [2.24, 2.45) is 5.73 Å². The Bertz CT molecular complexity index is 368. The molecular formula is C14H25N5. The monoisotopic (exact) mass is 263 g/mol. The van der Waals surface area contributed by atoms with Crippen LogP contribution in [0.4, 0.5) is 5.82 Å². The lowest BCUT2D eigenvalue weighted by molar-refractivity contribution is 0.229. The van der Waals surface area contributed by atoms with E-state index in [4.69, 9.17) is 5.73 Å². The normalized spacial score (nSPS) is 17.2. The SMILES string of the molecule is CN(C)CCN1CCN(c2ccc(CN)cn2)CC1. The van der Waals surface area contributed by atoms with E-state index in [1.807, 2.05) is 6.20 Å². The topological polar surface area (TPSA) is 48.6 Å². The molecule has 1 saturated heterocycles. The van der Waals surface area contributed by atoms with E-state index in [-0.39, 0.29) is 0 Å². The van der Waals surface area contributed by atoms with Crippen LogP contribution in [0.3, 0.4) is 0 Å². The largest absolute Gasteiger partial charge is 0.354 e. The van der Waals surface area contributed by atoms with E-state index in [9.17, 15) is 0 Å². The molecule has 1 aromatic rings. The highest BCUT2D eigenvalue weighted by Crippen LogP contribution is 2.13. The summed E-state index contributed by atoms with van der Waals surface area (Å²) in [5.41, 5.74) is 6.68. The molecule has 5 heteroatoms. The summed E-state index contributed by atoms with van der Waals surface area (Å²) in [6.07, 6.45) is 1.88. The molecule has 5 nitrogen and oxygen atoms in total. The van der Waals surface area contributed by atoms with Crippen LogP contribution in [-0.4, -0.2) is 68.1 Å². The highest BCUT2D eigenvalue weighted by atomic mass is 15.3. The maximum atomic E-state index is 5.59. The molecule has 1 aromatic heterocycles. The van der Waals surface area contributed by atoms with Crippen LogP contribution in [-0.2, 0) is 6.54 Å². The van der Waals surface area contributed by atoms with Gasteiger partial charge in [-0.15, -0.1) is 0 Å². The number of nitrogens with zero attached hydrogens (tertiary/aromatic N) is 4. The van der Waals surface area contributed by atoms with Crippen molar-refractivity contribution in [1.82, 2.24) is 14.8 Å². The van der Waals surface area contributed by atoms with Crippen LogP contribution in [0.1, 0.15) is 5.56 Å². The molecule has 0 saturated carbocycles. The molecule has 2 N–H and O–H groups in total. The maximum absolute atomic E-state index is 5.59. The summed E-state index contributed by atoms with van der Waals surface area (Å²) in [6, 6.07) is 4.15. The highest BCUT2D eigenvalue weighted by Gasteiger charge is 2.17. The van der Waals surface area contributed by atoms with Gasteiger partial charge in [-0.3, -0.25) is 4.90 Å². The Hall–Kier alpha value is -1.17. The van der Waals surface area contributed by atoms with E-state index in [0.29, 0.717) is 6.54 Å². The van der Waals surface area contributed by atoms with Gasteiger partial charge in [-0.05, 0) is 25.7 Å². The molecule has 0 aromatic carbocycles. The lowest BCUT2D eigenvalue weighted by Gasteiger charge is -2.35. The van der Waals surface area contributed by atoms with Crippen molar-refractivity contribution in [3.8, 4) is 0 Å². The number of anilines is 1. The van der Waals surface area contributed by atoms with Gasteiger partial charge in [-0.1, -0.05) is 6.07 Å². The third-order valence-electron chi connectivity index (χ3n) is 3.60. The first-order chi connectivity index (χ1) is 9.19. The number of piperazine rings is 1. The van der Waals surface area contributed by atoms with Crippen molar-refractivity contribution >= 4 is 5.82 Å². The fourth-order valence-electron chi connectivity index (χ4n) is 2.27. The summed E-state index contributed by atoms with van der Waals surface area (Å²) < 4.78 is 0. The van der Waals surface area contributed by atoms with E-state index in [2.05, 4.69) is 45.9 Å². The van der Waals surface area contributed by atoms with E-state index < -0.39 is 0 Å². The molecule has 1 aliphatic rings. The molecule has 106 valence electrons. The van der Waals surface area contributed by atoms with Gasteiger partial charge in [0.05, 0.1) is 0 Å². The van der Waals surface area contributed by atoms with Crippen LogP contribution in [0.2, 0.25) is 0 Å². The molecule has 0 atom stereocenters. The second-order valence-electron chi connectivity index (χ2n) is 5.36. The van der Waals surface area contributed by atoms with Crippen LogP contribution in [0, 0.1) is 0 Å². The predicted octanol–water partition coefficient (Wildman–Crippen LogP) is 0.224. The average molecular weight is 263 g/mol. The predicted molar refractivity (Wildman–Crippen MR) is 79.3 cm³/mol. The quantitative estimate of drug-likeness (QED) is 0.824. The Labute approximate surface area is 116 Å². The number of nitrogens with two attached hydrogens (primary N) is 1. The summed E-state index contributed by atoms with van der Waals surface area (Å²) in [5, 5.41) is 0. The molecule has 1 fully saturated rings. The third-order valence-corrected chi connectivity index (χ3v) is 3.60. The lowest BCUT2D eigenvalue weighted by Crippen LogP contribution is -2.48. The molecule has 0 radical (unpaired) electrons. The van der Waals surface area contributed by atoms with Crippen molar-refractivity contribution < 1.29 is 0 Å². The molecule has 2 heterocycles.